The second-order valence-corrected chi connectivity index (χ2v) is 5.53. The predicted molar refractivity (Wildman–Crippen MR) is 67.1 cm³/mol. The maximum Gasteiger partial charge on any atom is 0.417 e. The minimum atomic E-state index is -4.69. The van der Waals surface area contributed by atoms with Crippen LogP contribution in [-0.4, -0.2) is 21.4 Å². The number of hydrogen-bond donors (Lipinski definition) is 2. The number of nitrogens with one attached hydrogen (secondary N) is 1. The quantitative estimate of drug-likeness (QED) is 0.806. The van der Waals surface area contributed by atoms with E-state index in [0.717, 1.165) is 6.07 Å². The lowest BCUT2D eigenvalue weighted by Crippen LogP contribution is -2.31. The summed E-state index contributed by atoms with van der Waals surface area (Å²) in [4.78, 5) is 11.3. The summed E-state index contributed by atoms with van der Waals surface area (Å²) in [5, 5.41) is 20.6. The van der Waals surface area contributed by atoms with Crippen LogP contribution in [0.5, 0.6) is 0 Å². The van der Waals surface area contributed by atoms with Crippen molar-refractivity contribution < 1.29 is 23.1 Å². The molecular weight excluding hydrogens is 341 g/mol. The van der Waals surface area contributed by atoms with Crippen molar-refractivity contribution in [2.45, 2.75) is 23.0 Å². The predicted octanol–water partition coefficient (Wildman–Crippen LogP) is 2.41. The molecule has 0 heterocycles. The first-order chi connectivity index (χ1) is 9.18. The zero-order chi connectivity index (χ0) is 15.1. The van der Waals surface area contributed by atoms with Gasteiger partial charge in [0.2, 0.25) is 0 Å². The Bertz CT molecular complexity index is 612. The van der Waals surface area contributed by atoms with Crippen LogP contribution in [0.25, 0.3) is 0 Å². The van der Waals surface area contributed by atoms with Crippen LogP contribution < -0.4 is 5.32 Å². The summed E-state index contributed by atoms with van der Waals surface area (Å²) in [6, 6.07) is 4.27. The molecule has 1 aliphatic carbocycles. The minimum Gasteiger partial charge on any atom is -0.379 e. The second kappa shape index (κ2) is 4.75. The number of amides is 1. The number of nitriles is 1. The molecule has 2 rings (SSSR count). The molecule has 1 fully saturated rings. The molecule has 0 bridgehead atoms. The number of hydrogen-bond acceptors (Lipinski definition) is 3. The Balaban J connectivity index is 2.27. The molecule has 1 saturated carbocycles. The molecular formula is C12H8BrF3N2O2. The van der Waals surface area contributed by atoms with Gasteiger partial charge in [-0.25, -0.2) is 0 Å². The van der Waals surface area contributed by atoms with Gasteiger partial charge in [0.15, 0.2) is 5.60 Å². The van der Waals surface area contributed by atoms with Crippen molar-refractivity contribution in [3.8, 4) is 6.07 Å². The molecule has 0 spiro atoms. The summed E-state index contributed by atoms with van der Waals surface area (Å²) in [6.45, 7) is 0. The molecule has 1 unspecified atom stereocenters. The van der Waals surface area contributed by atoms with E-state index in [9.17, 15) is 23.1 Å². The number of carbonyl (C=O) groups excluding carboxylic acids is 1. The van der Waals surface area contributed by atoms with E-state index in [4.69, 9.17) is 5.26 Å². The summed E-state index contributed by atoms with van der Waals surface area (Å²) >= 11 is 3.05. The van der Waals surface area contributed by atoms with Gasteiger partial charge in [0.25, 0.3) is 5.91 Å². The largest absolute Gasteiger partial charge is 0.417 e. The molecule has 106 valence electrons. The number of alkyl halides is 4. The van der Waals surface area contributed by atoms with Crippen molar-refractivity contribution in [1.82, 2.24) is 0 Å². The van der Waals surface area contributed by atoms with E-state index in [-0.39, 0.29) is 12.1 Å². The number of halogens is 4. The van der Waals surface area contributed by atoms with Crippen LogP contribution in [0, 0.1) is 11.3 Å². The third kappa shape index (κ3) is 2.64. The number of carbonyl (C=O) groups is 1. The van der Waals surface area contributed by atoms with Gasteiger partial charge in [-0.05, 0) is 18.2 Å². The topological polar surface area (TPSA) is 73.1 Å². The van der Waals surface area contributed by atoms with E-state index in [2.05, 4.69) is 21.2 Å². The van der Waals surface area contributed by atoms with Gasteiger partial charge in [0.05, 0.1) is 22.0 Å². The lowest BCUT2D eigenvalue weighted by Gasteiger charge is -2.13. The highest BCUT2D eigenvalue weighted by Crippen LogP contribution is 2.43. The summed E-state index contributed by atoms with van der Waals surface area (Å²) in [5.41, 5.74) is -3.37. The van der Waals surface area contributed by atoms with E-state index in [0.29, 0.717) is 6.07 Å². The van der Waals surface area contributed by atoms with Gasteiger partial charge in [-0.3, -0.25) is 4.79 Å². The van der Waals surface area contributed by atoms with E-state index in [1.54, 1.807) is 0 Å². The van der Waals surface area contributed by atoms with Gasteiger partial charge in [-0.15, -0.1) is 0 Å². The van der Waals surface area contributed by atoms with Gasteiger partial charge < -0.3 is 10.4 Å². The lowest BCUT2D eigenvalue weighted by molar-refractivity contribution is -0.137. The average Bonchev–Trinajstić information content (AvgIpc) is 2.97. The Hall–Kier alpha value is -1.59. The van der Waals surface area contributed by atoms with E-state index >= 15 is 0 Å². The van der Waals surface area contributed by atoms with Crippen LogP contribution in [0.3, 0.4) is 0 Å². The molecule has 1 aliphatic rings. The van der Waals surface area contributed by atoms with Crippen LogP contribution in [0.4, 0.5) is 18.9 Å². The molecule has 0 radical (unpaired) electrons. The van der Waals surface area contributed by atoms with Gasteiger partial charge in [0.1, 0.15) is 0 Å². The monoisotopic (exact) mass is 348 g/mol. The summed E-state index contributed by atoms with van der Waals surface area (Å²) in [6.07, 6.45) is -4.50. The van der Waals surface area contributed by atoms with E-state index in [1.807, 2.05) is 0 Å². The molecule has 2 atom stereocenters. The van der Waals surface area contributed by atoms with Crippen molar-refractivity contribution in [3.05, 3.63) is 29.3 Å². The third-order valence-electron chi connectivity index (χ3n) is 2.94. The molecule has 2 N–H and O–H groups in total. The van der Waals surface area contributed by atoms with Crippen LogP contribution in [-0.2, 0) is 11.0 Å². The molecule has 0 saturated heterocycles. The Kier molecular flexibility index (Phi) is 3.52. The highest BCUT2D eigenvalue weighted by Gasteiger charge is 2.58. The smallest absolute Gasteiger partial charge is 0.379 e. The van der Waals surface area contributed by atoms with Gasteiger partial charge in [0, 0.05) is 12.1 Å². The number of rotatable bonds is 2. The van der Waals surface area contributed by atoms with Gasteiger partial charge in [-0.1, -0.05) is 15.9 Å². The standard InChI is InChI=1S/C12H8BrF3N2O2/c13-9-4-11(9,20)10(19)18-7-2-1-6(5-17)8(3-7)12(14,15)16/h1-3,9,20H,4H2,(H,18,19)/t9?,11-/m0/s1. The van der Waals surface area contributed by atoms with Crippen molar-refractivity contribution in [1.29, 1.82) is 5.26 Å². The molecule has 0 aliphatic heterocycles. The Morgan fingerprint density at radius 3 is 2.60 bits per heavy atom. The zero-order valence-electron chi connectivity index (χ0n) is 9.83. The fraction of sp³-hybridized carbons (Fsp3) is 0.333. The molecule has 0 aromatic heterocycles. The van der Waals surface area contributed by atoms with Gasteiger partial charge in [-0.2, -0.15) is 18.4 Å². The zero-order valence-corrected chi connectivity index (χ0v) is 11.4. The molecule has 1 aromatic rings. The maximum atomic E-state index is 12.7. The minimum absolute atomic E-state index is 0.124. The molecule has 1 aromatic carbocycles. The van der Waals surface area contributed by atoms with Crippen LogP contribution in [0.2, 0.25) is 0 Å². The number of aliphatic hydroxyl groups is 1. The van der Waals surface area contributed by atoms with Crippen molar-refractivity contribution in [3.63, 3.8) is 0 Å². The first-order valence-electron chi connectivity index (χ1n) is 5.48. The van der Waals surface area contributed by atoms with Crippen LogP contribution in [0.1, 0.15) is 17.5 Å². The molecule has 4 nitrogen and oxygen atoms in total. The molecule has 1 amide bonds. The van der Waals surface area contributed by atoms with Crippen molar-refractivity contribution in [2.75, 3.05) is 5.32 Å². The summed E-state index contributed by atoms with van der Waals surface area (Å²) in [7, 11) is 0. The van der Waals surface area contributed by atoms with Gasteiger partial charge >= 0.3 is 6.18 Å². The summed E-state index contributed by atoms with van der Waals surface area (Å²) < 4.78 is 38.2. The highest BCUT2D eigenvalue weighted by molar-refractivity contribution is 9.09. The van der Waals surface area contributed by atoms with Crippen LogP contribution >= 0.6 is 15.9 Å². The number of anilines is 1. The Morgan fingerprint density at radius 1 is 1.55 bits per heavy atom. The second-order valence-electron chi connectivity index (χ2n) is 4.42. The van der Waals surface area contributed by atoms with Crippen LogP contribution in [0.15, 0.2) is 18.2 Å². The third-order valence-corrected chi connectivity index (χ3v) is 4.03. The lowest BCUT2D eigenvalue weighted by atomic mass is 10.1. The molecule has 8 heteroatoms. The van der Waals surface area contributed by atoms with E-state index in [1.165, 1.54) is 12.1 Å². The Morgan fingerprint density at radius 2 is 2.15 bits per heavy atom. The fourth-order valence-corrected chi connectivity index (χ4v) is 2.34. The average molecular weight is 349 g/mol. The Labute approximate surface area is 120 Å². The normalized spacial score (nSPS) is 24.9. The number of nitrogens with zero attached hydrogens (tertiary/aromatic N) is 1. The molecule has 20 heavy (non-hydrogen) atoms. The van der Waals surface area contributed by atoms with Crippen molar-refractivity contribution >= 4 is 27.5 Å². The first-order valence-corrected chi connectivity index (χ1v) is 6.39. The SMILES string of the molecule is N#Cc1ccc(NC(=O)[C@]2(O)CC2Br)cc1C(F)(F)F. The fourth-order valence-electron chi connectivity index (χ4n) is 1.64. The summed E-state index contributed by atoms with van der Waals surface area (Å²) in [5.74, 6) is -0.780. The highest BCUT2D eigenvalue weighted by atomic mass is 79.9. The first kappa shape index (κ1) is 14.8. The maximum absolute atomic E-state index is 12.7. The number of benzene rings is 1. The van der Waals surface area contributed by atoms with E-state index < -0.39 is 33.6 Å². The van der Waals surface area contributed by atoms with Crippen molar-refractivity contribution in [2.24, 2.45) is 0 Å².